The van der Waals surface area contributed by atoms with Crippen LogP contribution < -0.4 is 15.5 Å². The van der Waals surface area contributed by atoms with Gasteiger partial charge in [0.1, 0.15) is 5.69 Å². The van der Waals surface area contributed by atoms with Gasteiger partial charge in [-0.05, 0) is 37.1 Å². The van der Waals surface area contributed by atoms with Gasteiger partial charge in [0.05, 0.1) is 10.7 Å². The summed E-state index contributed by atoms with van der Waals surface area (Å²) in [7, 11) is 1.78. The molecule has 0 saturated carbocycles. The van der Waals surface area contributed by atoms with Crippen molar-refractivity contribution in [1.29, 1.82) is 0 Å². The number of aromatic nitrogens is 3. The summed E-state index contributed by atoms with van der Waals surface area (Å²) in [4.78, 5) is 15.3. The Morgan fingerprint density at radius 1 is 1.26 bits per heavy atom. The highest BCUT2D eigenvalue weighted by atomic mass is 35.5. The molecule has 0 radical (unpaired) electrons. The highest BCUT2D eigenvalue weighted by molar-refractivity contribution is 6.33. The monoisotopic (exact) mass is 439 g/mol. The fourth-order valence-electron chi connectivity index (χ4n) is 3.65. The first-order valence-electron chi connectivity index (χ1n) is 10.4. The molecule has 1 saturated heterocycles. The number of aliphatic imine (C=N–C) groups is 1. The first-order chi connectivity index (χ1) is 15.2. The molecule has 0 spiro atoms. The van der Waals surface area contributed by atoms with Crippen LogP contribution in [-0.4, -0.2) is 53.8 Å². The Labute approximate surface area is 186 Å². The molecule has 0 bridgehead atoms. The van der Waals surface area contributed by atoms with Crippen molar-refractivity contribution in [1.82, 2.24) is 25.8 Å². The van der Waals surface area contributed by atoms with E-state index in [4.69, 9.17) is 16.1 Å². The number of piperidine rings is 1. The van der Waals surface area contributed by atoms with E-state index in [1.165, 1.54) is 0 Å². The molecule has 2 N–H and O–H groups in total. The highest BCUT2D eigenvalue weighted by Crippen LogP contribution is 2.27. The number of nitrogens with zero attached hydrogens (tertiary/aromatic N) is 5. The SMILES string of the molecule is CN=C(NCCc1noc(-c2ccccn2)n1)NC1CCCN(c2ccccc2Cl)C1. The zero-order chi connectivity index (χ0) is 21.5. The van der Waals surface area contributed by atoms with Gasteiger partial charge in [-0.15, -0.1) is 0 Å². The first kappa shape index (κ1) is 21.1. The second kappa shape index (κ2) is 10.3. The minimum absolute atomic E-state index is 0.289. The maximum Gasteiger partial charge on any atom is 0.276 e. The molecule has 9 heteroatoms. The van der Waals surface area contributed by atoms with E-state index in [9.17, 15) is 0 Å². The summed E-state index contributed by atoms with van der Waals surface area (Å²) in [6.45, 7) is 2.52. The van der Waals surface area contributed by atoms with Crippen LogP contribution in [0.2, 0.25) is 5.02 Å². The van der Waals surface area contributed by atoms with E-state index in [0.29, 0.717) is 30.4 Å². The average molecular weight is 440 g/mol. The minimum Gasteiger partial charge on any atom is -0.368 e. The Morgan fingerprint density at radius 2 is 2.13 bits per heavy atom. The smallest absolute Gasteiger partial charge is 0.276 e. The van der Waals surface area contributed by atoms with Crippen molar-refractivity contribution in [3.63, 3.8) is 0 Å². The Kier molecular flexibility index (Phi) is 6.99. The summed E-state index contributed by atoms with van der Waals surface area (Å²) in [5.74, 6) is 1.82. The summed E-state index contributed by atoms with van der Waals surface area (Å²) in [6.07, 6.45) is 4.50. The zero-order valence-corrected chi connectivity index (χ0v) is 18.2. The number of nitrogens with one attached hydrogen (secondary N) is 2. The summed E-state index contributed by atoms with van der Waals surface area (Å²) >= 11 is 6.38. The lowest BCUT2D eigenvalue weighted by Crippen LogP contribution is -2.51. The topological polar surface area (TPSA) is 91.5 Å². The van der Waals surface area contributed by atoms with Gasteiger partial charge >= 0.3 is 0 Å². The third-order valence-electron chi connectivity index (χ3n) is 5.17. The first-order valence-corrected chi connectivity index (χ1v) is 10.8. The fraction of sp³-hybridized carbons (Fsp3) is 0.364. The molecule has 3 aromatic rings. The van der Waals surface area contributed by atoms with Crippen LogP contribution in [0.25, 0.3) is 11.6 Å². The normalized spacial score (nSPS) is 16.9. The number of halogens is 1. The van der Waals surface area contributed by atoms with Crippen molar-refractivity contribution in [2.75, 3.05) is 31.6 Å². The Bertz CT molecular complexity index is 1010. The van der Waals surface area contributed by atoms with Gasteiger partial charge < -0.3 is 20.1 Å². The van der Waals surface area contributed by atoms with Gasteiger partial charge in [-0.3, -0.25) is 9.98 Å². The van der Waals surface area contributed by atoms with Gasteiger partial charge in [0.15, 0.2) is 11.8 Å². The number of rotatable bonds is 6. The maximum atomic E-state index is 6.38. The number of hydrogen-bond donors (Lipinski definition) is 2. The molecule has 1 unspecified atom stereocenters. The number of hydrogen-bond acceptors (Lipinski definition) is 6. The van der Waals surface area contributed by atoms with Crippen LogP contribution in [0.1, 0.15) is 18.7 Å². The lowest BCUT2D eigenvalue weighted by Gasteiger charge is -2.35. The van der Waals surface area contributed by atoms with Crippen LogP contribution in [0, 0.1) is 0 Å². The van der Waals surface area contributed by atoms with E-state index in [1.807, 2.05) is 36.4 Å². The molecule has 0 amide bonds. The average Bonchev–Trinajstić information content (AvgIpc) is 3.28. The van der Waals surface area contributed by atoms with Crippen LogP contribution in [0.15, 0.2) is 58.2 Å². The van der Waals surface area contributed by atoms with Crippen LogP contribution in [0.3, 0.4) is 0 Å². The number of guanidine groups is 1. The van der Waals surface area contributed by atoms with Crippen LogP contribution in [0.4, 0.5) is 5.69 Å². The molecule has 1 aliphatic heterocycles. The van der Waals surface area contributed by atoms with Crippen molar-refractivity contribution in [3.8, 4) is 11.6 Å². The Balaban J connectivity index is 1.27. The van der Waals surface area contributed by atoms with Gasteiger partial charge in [0.25, 0.3) is 5.89 Å². The number of benzene rings is 1. The van der Waals surface area contributed by atoms with Gasteiger partial charge in [0.2, 0.25) is 0 Å². The van der Waals surface area contributed by atoms with Gasteiger partial charge in [-0.1, -0.05) is 35.0 Å². The molecule has 162 valence electrons. The number of pyridine rings is 1. The van der Waals surface area contributed by atoms with E-state index in [0.717, 1.165) is 42.6 Å². The molecule has 31 heavy (non-hydrogen) atoms. The lowest BCUT2D eigenvalue weighted by molar-refractivity contribution is 0.421. The largest absolute Gasteiger partial charge is 0.368 e. The van der Waals surface area contributed by atoms with Crippen molar-refractivity contribution in [2.45, 2.75) is 25.3 Å². The van der Waals surface area contributed by atoms with E-state index < -0.39 is 0 Å². The van der Waals surface area contributed by atoms with E-state index in [-0.39, 0.29) is 6.04 Å². The Morgan fingerprint density at radius 3 is 2.94 bits per heavy atom. The summed E-state index contributed by atoms with van der Waals surface area (Å²) < 4.78 is 5.31. The summed E-state index contributed by atoms with van der Waals surface area (Å²) in [5, 5.41) is 11.7. The van der Waals surface area contributed by atoms with Crippen molar-refractivity contribution in [2.24, 2.45) is 4.99 Å². The van der Waals surface area contributed by atoms with Gasteiger partial charge in [-0.25, -0.2) is 0 Å². The third kappa shape index (κ3) is 5.52. The molecule has 8 nitrogen and oxygen atoms in total. The highest BCUT2D eigenvalue weighted by Gasteiger charge is 2.22. The number of anilines is 1. The van der Waals surface area contributed by atoms with E-state index in [2.05, 4.69) is 41.7 Å². The molecule has 4 rings (SSSR count). The van der Waals surface area contributed by atoms with Crippen LogP contribution in [0.5, 0.6) is 0 Å². The zero-order valence-electron chi connectivity index (χ0n) is 17.5. The van der Waals surface area contributed by atoms with E-state index >= 15 is 0 Å². The minimum atomic E-state index is 0.289. The van der Waals surface area contributed by atoms with Crippen LogP contribution in [-0.2, 0) is 6.42 Å². The molecule has 2 aromatic heterocycles. The standard InChI is InChI=1S/C22H26ClN7O/c1-24-22(26-13-11-20-28-21(31-29-20)18-9-4-5-12-25-18)27-16-7-6-14-30(15-16)19-10-3-2-8-17(19)23/h2-5,8-10,12,16H,6-7,11,13-15H2,1H3,(H2,24,26,27). The Hall–Kier alpha value is -3.13. The molecule has 3 heterocycles. The summed E-state index contributed by atoms with van der Waals surface area (Å²) in [5.41, 5.74) is 1.76. The predicted molar refractivity (Wildman–Crippen MR) is 122 cm³/mol. The van der Waals surface area contributed by atoms with Gasteiger partial charge in [0, 0.05) is 45.3 Å². The quantitative estimate of drug-likeness (QED) is 0.450. The molecular weight excluding hydrogens is 414 g/mol. The second-order valence-electron chi connectivity index (χ2n) is 7.36. The van der Waals surface area contributed by atoms with Crippen molar-refractivity contribution in [3.05, 3.63) is 59.5 Å². The van der Waals surface area contributed by atoms with Crippen LogP contribution >= 0.6 is 11.6 Å². The molecule has 1 aliphatic rings. The van der Waals surface area contributed by atoms with E-state index in [1.54, 1.807) is 13.2 Å². The predicted octanol–water partition coefficient (Wildman–Crippen LogP) is 3.16. The van der Waals surface area contributed by atoms with Crippen molar-refractivity contribution >= 4 is 23.2 Å². The third-order valence-corrected chi connectivity index (χ3v) is 5.49. The maximum absolute atomic E-state index is 6.38. The number of para-hydroxylation sites is 1. The fourth-order valence-corrected chi connectivity index (χ4v) is 3.91. The summed E-state index contributed by atoms with van der Waals surface area (Å²) in [6, 6.07) is 13.9. The second-order valence-corrected chi connectivity index (χ2v) is 7.77. The molecule has 1 aromatic carbocycles. The molecule has 1 atom stereocenters. The molecule has 0 aliphatic carbocycles. The molecule has 1 fully saturated rings. The molecular formula is C22H26ClN7O. The van der Waals surface area contributed by atoms with Gasteiger partial charge in [-0.2, -0.15) is 4.98 Å². The van der Waals surface area contributed by atoms with Crippen molar-refractivity contribution < 1.29 is 4.52 Å². The lowest BCUT2D eigenvalue weighted by atomic mass is 10.0.